The van der Waals surface area contributed by atoms with Gasteiger partial charge in [0.05, 0.1) is 6.61 Å². The highest BCUT2D eigenvalue weighted by atomic mass is 16.5. The van der Waals surface area contributed by atoms with Gasteiger partial charge in [-0.2, -0.15) is 4.98 Å². The minimum Gasteiger partial charge on any atom is -0.381 e. The van der Waals surface area contributed by atoms with Crippen LogP contribution in [0.3, 0.4) is 0 Å². The Morgan fingerprint density at radius 3 is 2.68 bits per heavy atom. The van der Waals surface area contributed by atoms with Gasteiger partial charge in [-0.1, -0.05) is 19.0 Å². The molecule has 3 rings (SSSR count). The third-order valence-corrected chi connectivity index (χ3v) is 4.53. The first kappa shape index (κ1) is 15.5. The number of aromatic nitrogens is 2. The number of likely N-dealkylation sites (tertiary alicyclic amines) is 1. The molecular formula is C16H25N3O3. The van der Waals surface area contributed by atoms with E-state index < -0.39 is 0 Å². The van der Waals surface area contributed by atoms with Crippen molar-refractivity contribution in [2.45, 2.75) is 51.4 Å². The van der Waals surface area contributed by atoms with Gasteiger partial charge in [-0.25, -0.2) is 0 Å². The van der Waals surface area contributed by atoms with E-state index in [1.807, 2.05) is 4.90 Å². The van der Waals surface area contributed by atoms with Gasteiger partial charge in [-0.3, -0.25) is 4.79 Å². The van der Waals surface area contributed by atoms with E-state index in [0.29, 0.717) is 18.9 Å². The Bertz CT molecular complexity index is 500. The summed E-state index contributed by atoms with van der Waals surface area (Å²) < 4.78 is 10.8. The fraction of sp³-hybridized carbons (Fsp3) is 0.812. The molecule has 0 spiro atoms. The third-order valence-electron chi connectivity index (χ3n) is 4.53. The number of amides is 1. The first-order chi connectivity index (χ1) is 10.6. The molecule has 6 nitrogen and oxygen atoms in total. The molecule has 0 unspecified atom stereocenters. The van der Waals surface area contributed by atoms with Crippen molar-refractivity contribution in [3.05, 3.63) is 11.7 Å². The maximum atomic E-state index is 12.1. The Morgan fingerprint density at radius 2 is 2.05 bits per heavy atom. The highest BCUT2D eigenvalue weighted by Gasteiger charge is 2.29. The van der Waals surface area contributed by atoms with Gasteiger partial charge in [0.1, 0.15) is 0 Å². The number of carbonyl (C=O) groups excluding carboxylic acids is 1. The van der Waals surface area contributed by atoms with Crippen LogP contribution in [-0.4, -0.2) is 47.3 Å². The van der Waals surface area contributed by atoms with Crippen molar-refractivity contribution >= 4 is 5.91 Å². The van der Waals surface area contributed by atoms with E-state index >= 15 is 0 Å². The summed E-state index contributed by atoms with van der Waals surface area (Å²) in [5.74, 6) is 2.76. The van der Waals surface area contributed by atoms with Gasteiger partial charge in [-0.05, 0) is 25.2 Å². The van der Waals surface area contributed by atoms with Crippen LogP contribution in [0.15, 0.2) is 4.52 Å². The molecule has 1 aromatic rings. The second kappa shape index (κ2) is 6.77. The maximum Gasteiger partial charge on any atom is 0.229 e. The third kappa shape index (κ3) is 3.48. The van der Waals surface area contributed by atoms with E-state index in [9.17, 15) is 4.79 Å². The lowest BCUT2D eigenvalue weighted by Crippen LogP contribution is -2.38. The van der Waals surface area contributed by atoms with Crippen molar-refractivity contribution in [3.63, 3.8) is 0 Å². The monoisotopic (exact) mass is 307 g/mol. The van der Waals surface area contributed by atoms with E-state index in [1.54, 1.807) is 0 Å². The lowest BCUT2D eigenvalue weighted by atomic mass is 9.96. The summed E-state index contributed by atoms with van der Waals surface area (Å²) in [6.07, 6.45) is 3.43. The summed E-state index contributed by atoms with van der Waals surface area (Å²) in [6, 6.07) is 0. The second-order valence-electron chi connectivity index (χ2n) is 6.80. The summed E-state index contributed by atoms with van der Waals surface area (Å²) in [4.78, 5) is 18.6. The quantitative estimate of drug-likeness (QED) is 0.854. The lowest BCUT2D eigenvalue weighted by Gasteiger charge is -2.30. The van der Waals surface area contributed by atoms with Crippen LogP contribution < -0.4 is 0 Å². The summed E-state index contributed by atoms with van der Waals surface area (Å²) in [5.41, 5.74) is 0. The molecule has 2 fully saturated rings. The van der Waals surface area contributed by atoms with Crippen molar-refractivity contribution < 1.29 is 14.1 Å². The molecule has 0 aromatic carbocycles. The minimum atomic E-state index is 0.266. The summed E-state index contributed by atoms with van der Waals surface area (Å²) >= 11 is 0. The number of nitrogens with zero attached hydrogens (tertiary/aromatic N) is 3. The Morgan fingerprint density at radius 1 is 1.27 bits per heavy atom. The van der Waals surface area contributed by atoms with Gasteiger partial charge < -0.3 is 14.2 Å². The predicted octanol–water partition coefficient (Wildman–Crippen LogP) is 2.33. The van der Waals surface area contributed by atoms with Gasteiger partial charge in [0.25, 0.3) is 0 Å². The fourth-order valence-corrected chi connectivity index (χ4v) is 3.17. The highest BCUT2D eigenvalue weighted by Crippen LogP contribution is 2.29. The summed E-state index contributed by atoms with van der Waals surface area (Å²) in [5, 5.41) is 4.12. The molecular weight excluding hydrogens is 282 g/mol. The van der Waals surface area contributed by atoms with Crippen molar-refractivity contribution in [2.75, 3.05) is 26.3 Å². The van der Waals surface area contributed by atoms with Crippen LogP contribution in [0.5, 0.6) is 0 Å². The van der Waals surface area contributed by atoms with E-state index in [4.69, 9.17) is 9.26 Å². The average molecular weight is 307 g/mol. The largest absolute Gasteiger partial charge is 0.381 e. The molecule has 0 bridgehead atoms. The Labute approximate surface area is 131 Å². The molecule has 2 aliphatic heterocycles. The van der Waals surface area contributed by atoms with Gasteiger partial charge >= 0.3 is 0 Å². The molecule has 3 heterocycles. The van der Waals surface area contributed by atoms with Gasteiger partial charge in [-0.15, -0.1) is 0 Å². The molecule has 1 atom stereocenters. The van der Waals surface area contributed by atoms with Crippen molar-refractivity contribution in [3.8, 4) is 0 Å². The molecule has 122 valence electrons. The zero-order valence-corrected chi connectivity index (χ0v) is 13.5. The van der Waals surface area contributed by atoms with Crippen LogP contribution in [-0.2, 0) is 9.53 Å². The Hall–Kier alpha value is -1.43. The van der Waals surface area contributed by atoms with E-state index in [-0.39, 0.29) is 17.7 Å². The fourth-order valence-electron chi connectivity index (χ4n) is 3.17. The highest BCUT2D eigenvalue weighted by molar-refractivity contribution is 5.76. The van der Waals surface area contributed by atoms with E-state index in [0.717, 1.165) is 50.7 Å². The number of piperidine rings is 1. The van der Waals surface area contributed by atoms with Gasteiger partial charge in [0.2, 0.25) is 11.8 Å². The molecule has 1 amide bonds. The molecule has 22 heavy (non-hydrogen) atoms. The maximum absolute atomic E-state index is 12.1. The second-order valence-corrected chi connectivity index (χ2v) is 6.80. The summed E-state index contributed by atoms with van der Waals surface area (Å²) in [7, 11) is 0. The number of carbonyl (C=O) groups is 1. The average Bonchev–Trinajstić information content (AvgIpc) is 3.18. The van der Waals surface area contributed by atoms with Crippen LogP contribution in [0.1, 0.15) is 63.1 Å². The molecule has 1 aromatic heterocycles. The SMILES string of the molecule is CC(C)CC(=O)N1CCC(c2nc([C@H]3CCOC3)no2)CC1. The van der Waals surface area contributed by atoms with Crippen molar-refractivity contribution in [2.24, 2.45) is 5.92 Å². The number of hydrogen-bond donors (Lipinski definition) is 0. The van der Waals surface area contributed by atoms with Crippen molar-refractivity contribution in [1.82, 2.24) is 15.0 Å². The molecule has 0 N–H and O–H groups in total. The Kier molecular flexibility index (Phi) is 4.76. The van der Waals surface area contributed by atoms with Crippen LogP contribution in [0.4, 0.5) is 0 Å². The van der Waals surface area contributed by atoms with Gasteiger partial charge in [0.15, 0.2) is 5.82 Å². The number of hydrogen-bond acceptors (Lipinski definition) is 5. The van der Waals surface area contributed by atoms with Crippen molar-refractivity contribution in [1.29, 1.82) is 0 Å². The molecule has 0 radical (unpaired) electrons. The zero-order chi connectivity index (χ0) is 15.5. The molecule has 6 heteroatoms. The van der Waals surface area contributed by atoms with Crippen LogP contribution in [0.25, 0.3) is 0 Å². The number of ether oxygens (including phenoxy) is 1. The lowest BCUT2D eigenvalue weighted by molar-refractivity contribution is -0.133. The van der Waals surface area contributed by atoms with Gasteiger partial charge in [0, 0.05) is 38.0 Å². The Balaban J connectivity index is 1.54. The molecule has 2 aliphatic rings. The smallest absolute Gasteiger partial charge is 0.229 e. The van der Waals surface area contributed by atoms with E-state index in [2.05, 4.69) is 24.0 Å². The molecule has 0 saturated carbocycles. The topological polar surface area (TPSA) is 68.5 Å². The van der Waals surface area contributed by atoms with Crippen LogP contribution >= 0.6 is 0 Å². The number of rotatable bonds is 4. The predicted molar refractivity (Wildman–Crippen MR) is 80.5 cm³/mol. The van der Waals surface area contributed by atoms with E-state index in [1.165, 1.54) is 0 Å². The normalized spacial score (nSPS) is 23.4. The standard InChI is InChI=1S/C16H25N3O3/c1-11(2)9-14(20)19-6-3-12(4-7-19)16-17-15(18-22-16)13-5-8-21-10-13/h11-13H,3-10H2,1-2H3/t13-/m0/s1. The van der Waals surface area contributed by atoms with Crippen LogP contribution in [0.2, 0.25) is 0 Å². The van der Waals surface area contributed by atoms with Crippen LogP contribution in [0, 0.1) is 5.92 Å². The summed E-state index contributed by atoms with van der Waals surface area (Å²) in [6.45, 7) is 7.22. The minimum absolute atomic E-state index is 0.266. The first-order valence-corrected chi connectivity index (χ1v) is 8.32. The first-order valence-electron chi connectivity index (χ1n) is 8.32. The molecule has 0 aliphatic carbocycles. The zero-order valence-electron chi connectivity index (χ0n) is 13.5. The molecule has 2 saturated heterocycles.